The Kier molecular flexibility index (Phi) is 45.3. The van der Waals surface area contributed by atoms with Gasteiger partial charge in [0, 0.05) is 77.0 Å². The second-order valence-electron chi connectivity index (χ2n) is 19.7. The first-order chi connectivity index (χ1) is 31.7. The minimum Gasteiger partial charge on any atom is -1.00 e. The van der Waals surface area contributed by atoms with Gasteiger partial charge in [-0.2, -0.15) is 0 Å². The van der Waals surface area contributed by atoms with Gasteiger partial charge in [-0.05, 0) is 24.3 Å². The summed E-state index contributed by atoms with van der Waals surface area (Å²) in [5.74, 6) is 0. The number of hydrogen-bond donors (Lipinski definition) is 0. The molecule has 0 fully saturated rings. The Morgan fingerprint density at radius 1 is 0.261 bits per heavy atom. The second-order valence-corrected chi connectivity index (χ2v) is 19.7. The molecule has 69 heavy (non-hydrogen) atoms. The molecule has 0 aromatic heterocycles. The smallest absolute Gasteiger partial charge is 0.109 e. The van der Waals surface area contributed by atoms with E-state index in [1.165, 1.54) is 0 Å². The lowest BCUT2D eigenvalue weighted by molar-refractivity contribution is -0.936. The maximum absolute atomic E-state index is 8.42. The molecule has 0 saturated heterocycles. The monoisotopic (exact) mass is 1020 g/mol. The van der Waals surface area contributed by atoms with Gasteiger partial charge in [0.25, 0.3) is 0 Å². The molecule has 0 aromatic rings. The SMILES string of the molecule is C=CCC(CC=C)(CC=C)[N+](C)(C)CC=C.C=CCC(CC=C)(CC=C)[N+](C)(C)CC=C.C=CCC(CC=C)(CC=C)[N+](C)(C)CC=C.C=CCC(CC=C)(CC=C)[N+](C)(C)CC=C.[Br-].[O-]B([O-])[O-]. The molecule has 0 aliphatic carbocycles. The van der Waals surface area contributed by atoms with Crippen LogP contribution in [0.15, 0.2) is 202 Å². The van der Waals surface area contributed by atoms with Crippen LogP contribution in [0.4, 0.5) is 0 Å². The van der Waals surface area contributed by atoms with Crippen molar-refractivity contribution in [3.63, 3.8) is 0 Å². The Hall–Kier alpha value is -3.90. The van der Waals surface area contributed by atoms with E-state index in [1.54, 1.807) is 0 Å². The van der Waals surface area contributed by atoms with Gasteiger partial charge in [-0.3, -0.25) is 7.32 Å². The lowest BCUT2D eigenvalue weighted by Gasteiger charge is -2.47. The summed E-state index contributed by atoms with van der Waals surface area (Å²) in [5, 5.41) is 25.2. The average Bonchev–Trinajstić information content (AvgIpc) is 3.22. The summed E-state index contributed by atoms with van der Waals surface area (Å²) in [6.45, 7) is 65.7. The third kappa shape index (κ3) is 26.8. The highest BCUT2D eigenvalue weighted by atomic mass is 79.9. The molecule has 0 saturated carbocycles. The first kappa shape index (κ1) is 76.6. The fourth-order valence-corrected chi connectivity index (χ4v) is 9.26. The standard InChI is InChI=1S/4C15H26N.BO3.BrH/c4*1-7-11-15(12-8-2,13-9-3)16(5,6)14-10-4;2-1(3)4;/h4*7-10H,1-4,11-14H2,5-6H3;;1H/q4*+1;-3;/p-1. The van der Waals surface area contributed by atoms with E-state index in [4.69, 9.17) is 15.1 Å². The summed E-state index contributed by atoms with van der Waals surface area (Å²) in [6.07, 6.45) is 43.4. The molecular formula is C60H104BBrN4O3. The molecule has 7 nitrogen and oxygen atoms in total. The van der Waals surface area contributed by atoms with E-state index >= 15 is 0 Å². The van der Waals surface area contributed by atoms with Crippen LogP contribution < -0.4 is 32.1 Å². The fourth-order valence-electron chi connectivity index (χ4n) is 9.26. The molecule has 0 N–H and O–H groups in total. The number of likely N-dealkylation sites (N-methyl/N-ethyl adjacent to an activating group) is 4. The minimum atomic E-state index is -2.92. The molecule has 0 spiro atoms. The van der Waals surface area contributed by atoms with Crippen LogP contribution in [0, 0.1) is 0 Å². The van der Waals surface area contributed by atoms with Crippen LogP contribution in [0.1, 0.15) is 77.0 Å². The van der Waals surface area contributed by atoms with Gasteiger partial charge in [-0.15, -0.1) is 78.9 Å². The van der Waals surface area contributed by atoms with Crippen molar-refractivity contribution < 1.29 is 50.0 Å². The lowest BCUT2D eigenvalue weighted by Crippen LogP contribution is -3.00. The molecule has 0 heterocycles. The zero-order valence-corrected chi connectivity index (χ0v) is 47.4. The summed E-state index contributed by atoms with van der Waals surface area (Å²) >= 11 is 0. The first-order valence-electron chi connectivity index (χ1n) is 23.8. The highest BCUT2D eigenvalue weighted by molar-refractivity contribution is 6.24. The van der Waals surface area contributed by atoms with Crippen LogP contribution in [0.5, 0.6) is 0 Å². The van der Waals surface area contributed by atoms with E-state index in [9.17, 15) is 0 Å². The largest absolute Gasteiger partial charge is 1.00 e. The topological polar surface area (TPSA) is 69.2 Å². The molecular weight excluding hydrogens is 915 g/mol. The van der Waals surface area contributed by atoms with Crippen LogP contribution in [-0.2, 0) is 0 Å². The summed E-state index contributed by atoms with van der Waals surface area (Å²) in [7, 11) is 15.0. The van der Waals surface area contributed by atoms with E-state index < -0.39 is 7.32 Å². The van der Waals surface area contributed by atoms with Crippen LogP contribution in [-0.4, -0.2) is 130 Å². The van der Waals surface area contributed by atoms with E-state index in [1.807, 2.05) is 97.2 Å². The van der Waals surface area contributed by atoms with Crippen LogP contribution in [0.3, 0.4) is 0 Å². The zero-order valence-electron chi connectivity index (χ0n) is 45.8. The van der Waals surface area contributed by atoms with E-state index in [0.29, 0.717) is 0 Å². The predicted octanol–water partition coefficient (Wildman–Crippen LogP) is 7.92. The van der Waals surface area contributed by atoms with Crippen molar-refractivity contribution in [1.82, 2.24) is 0 Å². The second kappa shape index (κ2) is 40.8. The Balaban J connectivity index is -0.000000186. The molecule has 9 heteroatoms. The van der Waals surface area contributed by atoms with E-state index in [0.717, 1.165) is 121 Å². The summed E-state index contributed by atoms with van der Waals surface area (Å²) in [5.41, 5.74) is 0.442. The van der Waals surface area contributed by atoms with Crippen LogP contribution >= 0.6 is 0 Å². The van der Waals surface area contributed by atoms with Crippen molar-refractivity contribution in [3.8, 4) is 0 Å². The molecule has 392 valence electrons. The third-order valence-corrected chi connectivity index (χ3v) is 13.8. The van der Waals surface area contributed by atoms with Crippen molar-refractivity contribution >= 4 is 7.32 Å². The van der Waals surface area contributed by atoms with Gasteiger partial charge in [0.2, 0.25) is 0 Å². The minimum absolute atomic E-state index is 0. The maximum atomic E-state index is 8.42. The number of quaternary nitrogens is 4. The molecule has 0 atom stereocenters. The van der Waals surface area contributed by atoms with Gasteiger partial charge in [-0.1, -0.05) is 99.2 Å². The van der Waals surface area contributed by atoms with Crippen LogP contribution in [0.25, 0.3) is 0 Å². The fraction of sp³-hybridized carbons (Fsp3) is 0.467. The molecule has 0 unspecified atom stereocenters. The number of hydrogen-bond acceptors (Lipinski definition) is 3. The quantitative estimate of drug-likeness (QED) is 0.0364. The highest BCUT2D eigenvalue weighted by Gasteiger charge is 2.44. The normalized spacial score (nSPS) is 11.4. The van der Waals surface area contributed by atoms with Gasteiger partial charge < -0.3 is 50.0 Å². The molecule has 0 aliphatic rings. The Morgan fingerprint density at radius 2 is 0.348 bits per heavy atom. The van der Waals surface area contributed by atoms with Gasteiger partial charge in [0.1, 0.15) is 22.2 Å². The van der Waals surface area contributed by atoms with E-state index in [2.05, 4.69) is 162 Å². The molecule has 0 aromatic carbocycles. The lowest BCUT2D eigenvalue weighted by atomic mass is 9.83. The Labute approximate surface area is 439 Å². The van der Waals surface area contributed by atoms with Crippen LogP contribution in [0.2, 0.25) is 0 Å². The molecule has 0 aliphatic heterocycles. The molecule has 0 radical (unpaired) electrons. The highest BCUT2D eigenvalue weighted by Crippen LogP contribution is 2.36. The average molecular weight is 1020 g/mol. The van der Waals surface area contributed by atoms with Gasteiger partial charge >= 0.3 is 0 Å². The number of nitrogens with zero attached hydrogens (tertiary/aromatic N) is 4. The maximum Gasteiger partial charge on any atom is 0.109 e. The molecule has 0 amide bonds. The summed E-state index contributed by atoms with van der Waals surface area (Å²) in [6, 6.07) is 0. The Morgan fingerprint density at radius 3 is 0.406 bits per heavy atom. The number of rotatable bonds is 36. The first-order valence-corrected chi connectivity index (χ1v) is 23.8. The predicted molar refractivity (Wildman–Crippen MR) is 303 cm³/mol. The summed E-state index contributed by atoms with van der Waals surface area (Å²) < 4.78 is 3.56. The Bertz CT molecular complexity index is 1240. The number of halogens is 1. The van der Waals surface area contributed by atoms with Crippen molar-refractivity contribution in [3.05, 3.63) is 202 Å². The van der Waals surface area contributed by atoms with Crippen molar-refractivity contribution in [2.75, 3.05) is 82.6 Å². The van der Waals surface area contributed by atoms with Crippen molar-refractivity contribution in [1.29, 1.82) is 0 Å². The van der Waals surface area contributed by atoms with Crippen molar-refractivity contribution in [2.24, 2.45) is 0 Å². The van der Waals surface area contributed by atoms with Gasteiger partial charge in [-0.25, -0.2) is 0 Å². The van der Waals surface area contributed by atoms with Gasteiger partial charge in [0.15, 0.2) is 0 Å². The molecule has 0 rings (SSSR count). The third-order valence-electron chi connectivity index (χ3n) is 13.8. The summed E-state index contributed by atoms with van der Waals surface area (Å²) in [4.78, 5) is 0. The van der Waals surface area contributed by atoms with Gasteiger partial charge in [0.05, 0.1) is 82.6 Å². The van der Waals surface area contributed by atoms with E-state index in [-0.39, 0.29) is 39.1 Å². The zero-order chi connectivity index (χ0) is 54.2. The van der Waals surface area contributed by atoms with Crippen molar-refractivity contribution in [2.45, 2.75) is 99.2 Å². The molecule has 0 bridgehead atoms.